The Labute approximate surface area is 91.3 Å². The zero-order chi connectivity index (χ0) is 11.6. The molecule has 0 spiro atoms. The zero-order valence-corrected chi connectivity index (χ0v) is 9.91. The van der Waals surface area contributed by atoms with Crippen LogP contribution in [0.25, 0.3) is 0 Å². The number of aromatic nitrogens is 1. The maximum Gasteiger partial charge on any atom is 0.125 e. The summed E-state index contributed by atoms with van der Waals surface area (Å²) in [7, 11) is 0. The number of nitrogens with two attached hydrogens (primary N) is 1. The maximum absolute atomic E-state index is 5.89. The third kappa shape index (κ3) is 2.29. The summed E-state index contributed by atoms with van der Waals surface area (Å²) in [6, 6.07) is 1.95. The Morgan fingerprint density at radius 1 is 1.47 bits per heavy atom. The minimum absolute atomic E-state index is 0.0280. The van der Waals surface area contributed by atoms with Gasteiger partial charge in [-0.15, -0.1) is 0 Å². The highest BCUT2D eigenvalue weighted by molar-refractivity contribution is 5.70. The minimum Gasteiger partial charge on any atom is -0.384 e. The summed E-state index contributed by atoms with van der Waals surface area (Å²) in [4.78, 5) is 0. The van der Waals surface area contributed by atoms with Crippen LogP contribution in [0.15, 0.2) is 23.8 Å². The van der Waals surface area contributed by atoms with Crippen molar-refractivity contribution in [1.29, 1.82) is 0 Å². The molecule has 0 aliphatic rings. The first-order valence-corrected chi connectivity index (χ1v) is 5.01. The molecular formula is C12H19N3. The van der Waals surface area contributed by atoms with Gasteiger partial charge in [0, 0.05) is 11.6 Å². The monoisotopic (exact) mass is 205 g/mol. The van der Waals surface area contributed by atoms with E-state index in [-0.39, 0.29) is 5.41 Å². The Balaban J connectivity index is 3.36. The fourth-order valence-electron chi connectivity index (χ4n) is 1.79. The van der Waals surface area contributed by atoms with E-state index in [9.17, 15) is 0 Å². The van der Waals surface area contributed by atoms with E-state index in [1.54, 1.807) is 17.0 Å². The van der Waals surface area contributed by atoms with Gasteiger partial charge in [-0.25, -0.2) is 4.68 Å². The van der Waals surface area contributed by atoms with Crippen molar-refractivity contribution in [3.63, 3.8) is 0 Å². The Kier molecular flexibility index (Phi) is 3.03. The van der Waals surface area contributed by atoms with E-state index in [1.807, 2.05) is 6.07 Å². The van der Waals surface area contributed by atoms with Crippen LogP contribution >= 0.6 is 0 Å². The number of nitrogen functional groups attached to an aromatic ring is 1. The number of anilines is 1. The van der Waals surface area contributed by atoms with Crippen LogP contribution in [0.5, 0.6) is 0 Å². The number of hydrogen-bond acceptors (Lipinski definition) is 2. The summed E-state index contributed by atoms with van der Waals surface area (Å²) in [6.45, 7) is 12.1. The molecule has 1 rings (SSSR count). The molecule has 1 aromatic heterocycles. The molecule has 0 atom stereocenters. The summed E-state index contributed by atoms with van der Waals surface area (Å²) in [6.07, 6.45) is 3.28. The Hall–Kier alpha value is -1.51. The van der Waals surface area contributed by atoms with E-state index in [0.29, 0.717) is 5.82 Å². The van der Waals surface area contributed by atoms with Crippen molar-refractivity contribution in [1.82, 2.24) is 4.68 Å². The molecule has 1 heterocycles. The van der Waals surface area contributed by atoms with Crippen LogP contribution in [-0.2, 0) is 5.41 Å². The van der Waals surface area contributed by atoms with Gasteiger partial charge < -0.3 is 5.73 Å². The SMILES string of the molecule is C=C/C=N\n1c(N)cc(C)c1C(C)(C)C. The summed E-state index contributed by atoms with van der Waals surface area (Å²) < 4.78 is 1.77. The molecule has 0 amide bonds. The van der Waals surface area contributed by atoms with Gasteiger partial charge in [-0.05, 0) is 24.6 Å². The smallest absolute Gasteiger partial charge is 0.125 e. The molecule has 82 valence electrons. The predicted molar refractivity (Wildman–Crippen MR) is 66.4 cm³/mol. The lowest BCUT2D eigenvalue weighted by Crippen LogP contribution is -2.17. The molecule has 3 heteroatoms. The molecule has 15 heavy (non-hydrogen) atoms. The lowest BCUT2D eigenvalue weighted by Gasteiger charge is -2.21. The average molecular weight is 205 g/mol. The quantitative estimate of drug-likeness (QED) is 0.741. The third-order valence-corrected chi connectivity index (χ3v) is 2.19. The summed E-state index contributed by atoms with van der Waals surface area (Å²) >= 11 is 0. The van der Waals surface area contributed by atoms with Crippen molar-refractivity contribution in [3.8, 4) is 0 Å². The standard InChI is InChI=1S/C12H19N3/c1-6-7-14-15-10(13)8-9(2)11(15)12(3,4)5/h6-8H,1,13H2,2-5H3/b14-7-. The van der Waals surface area contributed by atoms with Gasteiger partial charge in [0.15, 0.2) is 0 Å². The van der Waals surface area contributed by atoms with E-state index in [4.69, 9.17) is 5.73 Å². The molecule has 1 aromatic rings. The molecule has 2 N–H and O–H groups in total. The van der Waals surface area contributed by atoms with Crippen LogP contribution < -0.4 is 5.73 Å². The van der Waals surface area contributed by atoms with Crippen molar-refractivity contribution < 1.29 is 0 Å². The summed E-state index contributed by atoms with van der Waals surface area (Å²) in [5.74, 6) is 0.663. The third-order valence-electron chi connectivity index (χ3n) is 2.19. The van der Waals surface area contributed by atoms with E-state index in [1.165, 1.54) is 5.56 Å². The van der Waals surface area contributed by atoms with Crippen molar-refractivity contribution in [3.05, 3.63) is 30.0 Å². The van der Waals surface area contributed by atoms with Gasteiger partial charge >= 0.3 is 0 Å². The molecule has 0 unspecified atom stereocenters. The molecule has 0 aliphatic carbocycles. The normalized spacial score (nSPS) is 12.3. The van der Waals surface area contributed by atoms with E-state index in [0.717, 1.165) is 5.69 Å². The van der Waals surface area contributed by atoms with Crippen molar-refractivity contribution in [2.24, 2.45) is 5.10 Å². The molecular weight excluding hydrogens is 186 g/mol. The van der Waals surface area contributed by atoms with Crippen LogP contribution in [0, 0.1) is 6.92 Å². The van der Waals surface area contributed by atoms with Gasteiger partial charge in [-0.1, -0.05) is 27.4 Å². The second kappa shape index (κ2) is 3.93. The molecule has 0 saturated carbocycles. The van der Waals surface area contributed by atoms with Gasteiger partial charge in [-0.2, -0.15) is 5.10 Å². The topological polar surface area (TPSA) is 43.3 Å². The molecule has 0 aromatic carbocycles. The fourth-order valence-corrected chi connectivity index (χ4v) is 1.79. The van der Waals surface area contributed by atoms with E-state index < -0.39 is 0 Å². The fraction of sp³-hybridized carbons (Fsp3) is 0.417. The van der Waals surface area contributed by atoms with E-state index in [2.05, 4.69) is 39.4 Å². The predicted octanol–water partition coefficient (Wildman–Crippen LogP) is 2.70. The van der Waals surface area contributed by atoms with Gasteiger partial charge in [0.05, 0.1) is 5.69 Å². The largest absolute Gasteiger partial charge is 0.384 e. The molecule has 0 bridgehead atoms. The van der Waals surface area contributed by atoms with Crippen molar-refractivity contribution in [2.75, 3.05) is 5.73 Å². The molecule has 0 fully saturated rings. The highest BCUT2D eigenvalue weighted by Gasteiger charge is 2.22. The number of aryl methyl sites for hydroxylation is 1. The number of rotatable bonds is 2. The molecule has 0 saturated heterocycles. The summed E-state index contributed by atoms with van der Waals surface area (Å²) in [5.41, 5.74) is 8.23. The highest BCUT2D eigenvalue weighted by Crippen LogP contribution is 2.29. The van der Waals surface area contributed by atoms with Crippen LogP contribution in [-0.4, -0.2) is 10.9 Å². The maximum atomic E-state index is 5.89. The van der Waals surface area contributed by atoms with Crippen molar-refractivity contribution >= 4 is 12.0 Å². The van der Waals surface area contributed by atoms with Crippen LogP contribution in [0.2, 0.25) is 0 Å². The Bertz CT molecular complexity index is 392. The second-order valence-electron chi connectivity index (χ2n) is 4.66. The minimum atomic E-state index is 0.0280. The second-order valence-corrected chi connectivity index (χ2v) is 4.66. The first kappa shape index (κ1) is 11.6. The van der Waals surface area contributed by atoms with Gasteiger partial charge in [0.1, 0.15) is 5.82 Å². The van der Waals surface area contributed by atoms with Gasteiger partial charge in [0.2, 0.25) is 0 Å². The lowest BCUT2D eigenvalue weighted by atomic mass is 9.90. The molecule has 3 nitrogen and oxygen atoms in total. The first-order chi connectivity index (χ1) is 6.88. The molecule has 0 radical (unpaired) electrons. The van der Waals surface area contributed by atoms with Gasteiger partial charge in [0.25, 0.3) is 0 Å². The number of nitrogens with zero attached hydrogens (tertiary/aromatic N) is 2. The Morgan fingerprint density at radius 3 is 2.53 bits per heavy atom. The number of hydrogen-bond donors (Lipinski definition) is 1. The lowest BCUT2D eigenvalue weighted by molar-refractivity contribution is 0.538. The van der Waals surface area contributed by atoms with Crippen LogP contribution in [0.1, 0.15) is 32.0 Å². The van der Waals surface area contributed by atoms with Gasteiger partial charge in [-0.3, -0.25) is 0 Å². The van der Waals surface area contributed by atoms with Crippen LogP contribution in [0.4, 0.5) is 5.82 Å². The molecule has 0 aliphatic heterocycles. The average Bonchev–Trinajstić information content (AvgIpc) is 2.36. The first-order valence-electron chi connectivity index (χ1n) is 5.01. The van der Waals surface area contributed by atoms with E-state index >= 15 is 0 Å². The number of allylic oxidation sites excluding steroid dienone is 1. The summed E-state index contributed by atoms with van der Waals surface area (Å²) in [5, 5.41) is 4.26. The zero-order valence-electron chi connectivity index (χ0n) is 9.91. The highest BCUT2D eigenvalue weighted by atomic mass is 15.4. The van der Waals surface area contributed by atoms with Crippen molar-refractivity contribution in [2.45, 2.75) is 33.1 Å². The van der Waals surface area contributed by atoms with Crippen LogP contribution in [0.3, 0.4) is 0 Å². The Morgan fingerprint density at radius 2 is 2.07 bits per heavy atom.